The van der Waals surface area contributed by atoms with Gasteiger partial charge in [-0.25, -0.2) is 0 Å². The van der Waals surface area contributed by atoms with Crippen molar-refractivity contribution in [2.45, 2.75) is 23.4 Å². The third-order valence-electron chi connectivity index (χ3n) is 3.40. The van der Waals surface area contributed by atoms with Gasteiger partial charge in [0.25, 0.3) is 0 Å². The molecule has 0 aliphatic carbocycles. The van der Waals surface area contributed by atoms with Gasteiger partial charge in [0.2, 0.25) is 11.0 Å². The minimum Gasteiger partial charge on any atom is -0.330 e. The zero-order valence-corrected chi connectivity index (χ0v) is 15.5. The summed E-state index contributed by atoms with van der Waals surface area (Å²) in [4.78, 5) is 12.3. The maximum absolute atomic E-state index is 12.3. The number of carbonyl (C=O) groups excluding carboxylic acids is 1. The van der Waals surface area contributed by atoms with Crippen LogP contribution in [0.25, 0.3) is 0 Å². The van der Waals surface area contributed by atoms with Crippen LogP contribution in [0.3, 0.4) is 0 Å². The fraction of sp³-hybridized carbons (Fsp3) is 0.167. The molecule has 2 N–H and O–H groups in total. The second kappa shape index (κ2) is 8.13. The standard InChI is InChI=1S/C18H18N4OS2/c1-12-8-10-15(11-9-12)19-16(23)13(2)24-18-22-21-17(25-18)20-14-6-4-3-5-7-14/h3-11,13H,1-2H3,(H,19,23)(H,20,21)/t13-/m0/s1. The fourth-order valence-corrected chi connectivity index (χ4v) is 3.95. The molecule has 1 atom stereocenters. The molecule has 128 valence electrons. The van der Waals surface area contributed by atoms with E-state index in [1.807, 2.05) is 68.4 Å². The lowest BCUT2D eigenvalue weighted by Crippen LogP contribution is -2.22. The molecule has 1 amide bonds. The Hall–Kier alpha value is -2.38. The Morgan fingerprint density at radius 3 is 2.48 bits per heavy atom. The van der Waals surface area contributed by atoms with Crippen molar-refractivity contribution in [2.24, 2.45) is 0 Å². The van der Waals surface area contributed by atoms with Crippen LogP contribution in [-0.2, 0) is 4.79 Å². The predicted molar refractivity (Wildman–Crippen MR) is 105 cm³/mol. The number of rotatable bonds is 6. The topological polar surface area (TPSA) is 66.9 Å². The number of nitrogens with zero attached hydrogens (tertiary/aromatic N) is 2. The van der Waals surface area contributed by atoms with E-state index < -0.39 is 0 Å². The molecule has 25 heavy (non-hydrogen) atoms. The number of thioether (sulfide) groups is 1. The van der Waals surface area contributed by atoms with E-state index >= 15 is 0 Å². The van der Waals surface area contributed by atoms with E-state index in [1.54, 1.807) is 0 Å². The first-order chi connectivity index (χ1) is 12.1. The minimum absolute atomic E-state index is 0.0541. The Kier molecular flexibility index (Phi) is 5.67. The van der Waals surface area contributed by atoms with E-state index in [0.29, 0.717) is 5.13 Å². The summed E-state index contributed by atoms with van der Waals surface area (Å²) in [5.74, 6) is -0.0541. The van der Waals surface area contributed by atoms with Gasteiger partial charge in [-0.2, -0.15) is 0 Å². The van der Waals surface area contributed by atoms with Gasteiger partial charge in [-0.05, 0) is 38.1 Å². The van der Waals surface area contributed by atoms with Crippen molar-refractivity contribution in [1.82, 2.24) is 10.2 Å². The summed E-state index contributed by atoms with van der Waals surface area (Å²) in [5, 5.41) is 14.8. The van der Waals surface area contributed by atoms with Crippen molar-refractivity contribution in [2.75, 3.05) is 10.6 Å². The predicted octanol–water partition coefficient (Wildman–Crippen LogP) is 4.71. The van der Waals surface area contributed by atoms with E-state index in [1.165, 1.54) is 23.1 Å². The molecule has 3 aromatic rings. The molecule has 0 aliphatic rings. The SMILES string of the molecule is Cc1ccc(NC(=O)[C@H](C)Sc2nnc(Nc3ccccc3)s2)cc1. The van der Waals surface area contributed by atoms with E-state index in [-0.39, 0.29) is 11.2 Å². The second-order valence-corrected chi connectivity index (χ2v) is 8.04. The van der Waals surface area contributed by atoms with Crippen molar-refractivity contribution in [3.8, 4) is 0 Å². The Morgan fingerprint density at radius 1 is 1.04 bits per heavy atom. The average Bonchev–Trinajstić information content (AvgIpc) is 3.04. The molecule has 3 rings (SSSR count). The highest BCUT2D eigenvalue weighted by Gasteiger charge is 2.17. The monoisotopic (exact) mass is 370 g/mol. The van der Waals surface area contributed by atoms with Crippen molar-refractivity contribution < 1.29 is 4.79 Å². The fourth-order valence-electron chi connectivity index (χ4n) is 2.04. The first-order valence-corrected chi connectivity index (χ1v) is 9.49. The molecule has 1 heterocycles. The van der Waals surface area contributed by atoms with Crippen LogP contribution in [-0.4, -0.2) is 21.4 Å². The van der Waals surface area contributed by atoms with E-state index in [4.69, 9.17) is 0 Å². The van der Waals surface area contributed by atoms with Crippen LogP contribution in [0.2, 0.25) is 0 Å². The number of nitrogens with one attached hydrogen (secondary N) is 2. The third-order valence-corrected chi connectivity index (χ3v) is 5.42. The van der Waals surface area contributed by atoms with Crippen LogP contribution in [0, 0.1) is 6.92 Å². The summed E-state index contributed by atoms with van der Waals surface area (Å²) in [7, 11) is 0. The maximum atomic E-state index is 12.3. The summed E-state index contributed by atoms with van der Waals surface area (Å²) < 4.78 is 0.755. The third kappa shape index (κ3) is 5.04. The molecule has 1 aromatic heterocycles. The number of para-hydroxylation sites is 1. The summed E-state index contributed by atoms with van der Waals surface area (Å²) in [6.45, 7) is 3.88. The van der Waals surface area contributed by atoms with Gasteiger partial charge in [-0.1, -0.05) is 59.0 Å². The highest BCUT2D eigenvalue weighted by atomic mass is 32.2. The first kappa shape index (κ1) is 17.4. The molecule has 0 saturated heterocycles. The highest BCUT2D eigenvalue weighted by molar-refractivity contribution is 8.02. The van der Waals surface area contributed by atoms with Gasteiger partial charge in [0.1, 0.15) is 0 Å². The molecule has 0 radical (unpaired) electrons. The van der Waals surface area contributed by atoms with Crippen LogP contribution in [0.1, 0.15) is 12.5 Å². The van der Waals surface area contributed by atoms with Crippen LogP contribution in [0.4, 0.5) is 16.5 Å². The Balaban J connectivity index is 1.56. The molecule has 0 spiro atoms. The summed E-state index contributed by atoms with van der Waals surface area (Å²) in [6, 6.07) is 17.5. The van der Waals surface area contributed by atoms with Crippen molar-refractivity contribution in [3.63, 3.8) is 0 Å². The highest BCUT2D eigenvalue weighted by Crippen LogP contribution is 2.30. The number of carbonyl (C=O) groups is 1. The summed E-state index contributed by atoms with van der Waals surface area (Å²) in [6.07, 6.45) is 0. The van der Waals surface area contributed by atoms with E-state index in [9.17, 15) is 4.79 Å². The molecular weight excluding hydrogens is 352 g/mol. The lowest BCUT2D eigenvalue weighted by Gasteiger charge is -2.10. The molecule has 5 nitrogen and oxygen atoms in total. The number of anilines is 3. The lowest BCUT2D eigenvalue weighted by atomic mass is 10.2. The molecule has 7 heteroatoms. The van der Waals surface area contributed by atoms with Crippen LogP contribution in [0.15, 0.2) is 58.9 Å². The van der Waals surface area contributed by atoms with Gasteiger partial charge in [0.05, 0.1) is 5.25 Å². The zero-order valence-electron chi connectivity index (χ0n) is 13.9. The van der Waals surface area contributed by atoms with Crippen molar-refractivity contribution in [3.05, 3.63) is 60.2 Å². The van der Waals surface area contributed by atoms with Crippen LogP contribution >= 0.6 is 23.1 Å². The number of hydrogen-bond acceptors (Lipinski definition) is 6. The minimum atomic E-state index is -0.265. The van der Waals surface area contributed by atoms with Crippen LogP contribution in [0.5, 0.6) is 0 Å². The largest absolute Gasteiger partial charge is 0.330 e. The molecule has 0 unspecified atom stereocenters. The summed E-state index contributed by atoms with van der Waals surface area (Å²) >= 11 is 2.83. The zero-order chi connectivity index (χ0) is 17.6. The number of amides is 1. The van der Waals surface area contributed by atoms with E-state index in [2.05, 4.69) is 20.8 Å². The van der Waals surface area contributed by atoms with Crippen molar-refractivity contribution in [1.29, 1.82) is 0 Å². The molecule has 2 aromatic carbocycles. The molecule has 0 fully saturated rings. The number of aromatic nitrogens is 2. The normalized spacial score (nSPS) is 11.8. The van der Waals surface area contributed by atoms with Gasteiger partial charge < -0.3 is 10.6 Å². The van der Waals surface area contributed by atoms with Gasteiger partial charge in [0, 0.05) is 11.4 Å². The quantitative estimate of drug-likeness (QED) is 0.615. The van der Waals surface area contributed by atoms with Gasteiger partial charge in [0.15, 0.2) is 4.34 Å². The molecular formula is C18H18N4OS2. The average molecular weight is 371 g/mol. The number of benzene rings is 2. The molecule has 0 bridgehead atoms. The van der Waals surface area contributed by atoms with E-state index in [0.717, 1.165) is 21.3 Å². The lowest BCUT2D eigenvalue weighted by molar-refractivity contribution is -0.115. The van der Waals surface area contributed by atoms with Crippen molar-refractivity contribution >= 4 is 45.5 Å². The Bertz CT molecular complexity index is 834. The van der Waals surface area contributed by atoms with Gasteiger partial charge in [-0.3, -0.25) is 4.79 Å². The smallest absolute Gasteiger partial charge is 0.237 e. The maximum Gasteiger partial charge on any atom is 0.237 e. The Morgan fingerprint density at radius 2 is 1.76 bits per heavy atom. The van der Waals surface area contributed by atoms with Gasteiger partial charge in [-0.15, -0.1) is 10.2 Å². The number of hydrogen-bond donors (Lipinski definition) is 2. The summed E-state index contributed by atoms with van der Waals surface area (Å²) in [5.41, 5.74) is 2.92. The van der Waals surface area contributed by atoms with Crippen LogP contribution < -0.4 is 10.6 Å². The number of aryl methyl sites for hydroxylation is 1. The van der Waals surface area contributed by atoms with Gasteiger partial charge >= 0.3 is 0 Å². The first-order valence-electron chi connectivity index (χ1n) is 7.80. The Labute approximate surface area is 154 Å². The second-order valence-electron chi connectivity index (χ2n) is 5.48. The molecule has 0 saturated carbocycles. The molecule has 0 aliphatic heterocycles.